The first kappa shape index (κ1) is 10.1. The molecule has 2 nitrogen and oxygen atoms in total. The lowest BCUT2D eigenvalue weighted by atomic mass is 10.2. The van der Waals surface area contributed by atoms with E-state index in [0.29, 0.717) is 5.02 Å². The highest BCUT2D eigenvalue weighted by atomic mass is 35.5. The van der Waals surface area contributed by atoms with E-state index in [0.717, 1.165) is 15.4 Å². The minimum absolute atomic E-state index is 0.619. The predicted molar refractivity (Wildman–Crippen MR) is 60.2 cm³/mol. The molecule has 0 amide bonds. The minimum atomic E-state index is -0.631. The van der Waals surface area contributed by atoms with E-state index >= 15 is 0 Å². The number of aliphatic hydroxyl groups excluding tert-OH is 1. The molecule has 2 aromatic heterocycles. The maximum absolute atomic E-state index is 9.97. The van der Waals surface area contributed by atoms with Crippen molar-refractivity contribution in [2.75, 3.05) is 0 Å². The largest absolute Gasteiger partial charge is 0.382 e. The summed E-state index contributed by atoms with van der Waals surface area (Å²) < 4.78 is 4.12. The fourth-order valence-electron chi connectivity index (χ4n) is 1.14. The lowest BCUT2D eigenvalue weighted by molar-refractivity contribution is 0.228. The topological polar surface area (TPSA) is 33.1 Å². The second-order valence-electron chi connectivity index (χ2n) is 2.91. The molecule has 0 radical (unpaired) electrons. The van der Waals surface area contributed by atoms with Gasteiger partial charge in [-0.15, -0.1) is 11.3 Å². The third-order valence-corrected chi connectivity index (χ3v) is 4.15. The van der Waals surface area contributed by atoms with Crippen LogP contribution in [0.5, 0.6) is 0 Å². The third-order valence-electron chi connectivity index (χ3n) is 1.81. The lowest BCUT2D eigenvalue weighted by Crippen LogP contribution is -1.93. The molecule has 1 atom stereocenters. The fraction of sp³-hybridized carbons (Fsp3) is 0.222. The van der Waals surface area contributed by atoms with E-state index in [1.807, 2.05) is 18.4 Å². The Labute approximate surface area is 95.0 Å². The van der Waals surface area contributed by atoms with Crippen LogP contribution in [0.2, 0.25) is 5.02 Å². The van der Waals surface area contributed by atoms with Crippen LogP contribution in [-0.2, 0) is 0 Å². The van der Waals surface area contributed by atoms with Crippen LogP contribution in [0.3, 0.4) is 0 Å². The van der Waals surface area contributed by atoms with Gasteiger partial charge in [-0.3, -0.25) is 0 Å². The Kier molecular flexibility index (Phi) is 2.88. The molecular formula is C9H8ClNOS2. The number of halogens is 1. The van der Waals surface area contributed by atoms with E-state index in [9.17, 15) is 5.11 Å². The number of nitrogens with zero attached hydrogens (tertiary/aromatic N) is 1. The average molecular weight is 246 g/mol. The van der Waals surface area contributed by atoms with Crippen LogP contribution in [0.1, 0.15) is 21.6 Å². The van der Waals surface area contributed by atoms with Gasteiger partial charge in [-0.05, 0) is 36.0 Å². The number of aryl methyl sites for hydroxylation is 1. The van der Waals surface area contributed by atoms with Crippen LogP contribution in [-0.4, -0.2) is 9.48 Å². The Balaban J connectivity index is 2.33. The highest BCUT2D eigenvalue weighted by molar-refractivity contribution is 7.11. The van der Waals surface area contributed by atoms with Gasteiger partial charge < -0.3 is 5.11 Å². The van der Waals surface area contributed by atoms with Crippen LogP contribution < -0.4 is 0 Å². The van der Waals surface area contributed by atoms with E-state index in [2.05, 4.69) is 4.37 Å². The second kappa shape index (κ2) is 3.98. The molecule has 2 heterocycles. The maximum atomic E-state index is 9.97. The highest BCUT2D eigenvalue weighted by Crippen LogP contribution is 2.34. The molecule has 0 aliphatic heterocycles. The van der Waals surface area contributed by atoms with Gasteiger partial charge in [0.1, 0.15) is 6.10 Å². The molecular weight excluding hydrogens is 238 g/mol. The van der Waals surface area contributed by atoms with Gasteiger partial charge in [-0.2, -0.15) is 4.37 Å². The molecule has 0 bridgehead atoms. The number of hydrogen-bond donors (Lipinski definition) is 1. The molecule has 0 aliphatic rings. The zero-order valence-electron chi connectivity index (χ0n) is 7.40. The molecule has 0 saturated heterocycles. The Morgan fingerprint density at radius 3 is 2.86 bits per heavy atom. The Morgan fingerprint density at radius 1 is 1.57 bits per heavy atom. The highest BCUT2D eigenvalue weighted by Gasteiger charge is 2.17. The van der Waals surface area contributed by atoms with Crippen molar-refractivity contribution in [3.63, 3.8) is 0 Å². The van der Waals surface area contributed by atoms with Crippen LogP contribution in [0.4, 0.5) is 0 Å². The van der Waals surface area contributed by atoms with E-state index in [-0.39, 0.29) is 0 Å². The summed E-state index contributed by atoms with van der Waals surface area (Å²) in [4.78, 5) is 1.63. The maximum Gasteiger partial charge on any atom is 0.125 e. The summed E-state index contributed by atoms with van der Waals surface area (Å²) >= 11 is 8.70. The van der Waals surface area contributed by atoms with Crippen molar-refractivity contribution >= 4 is 34.5 Å². The zero-order chi connectivity index (χ0) is 10.1. The van der Waals surface area contributed by atoms with E-state index in [1.54, 1.807) is 6.07 Å². The van der Waals surface area contributed by atoms with Gasteiger partial charge in [0.2, 0.25) is 0 Å². The van der Waals surface area contributed by atoms with Gasteiger partial charge in [0.05, 0.1) is 20.5 Å². The summed E-state index contributed by atoms with van der Waals surface area (Å²) in [6.45, 7) is 1.91. The van der Waals surface area contributed by atoms with E-state index < -0.39 is 6.10 Å². The number of rotatable bonds is 2. The second-order valence-corrected chi connectivity index (χ2v) is 5.10. The normalized spacial score (nSPS) is 13.1. The SMILES string of the molecule is Cc1cc(C(O)c2sccc2Cl)sn1. The summed E-state index contributed by atoms with van der Waals surface area (Å²) in [5, 5.41) is 12.5. The predicted octanol–water partition coefficient (Wildman–Crippen LogP) is 3.25. The number of thiophene rings is 1. The molecule has 0 saturated carbocycles. The molecule has 2 aromatic rings. The quantitative estimate of drug-likeness (QED) is 0.881. The molecule has 1 unspecified atom stereocenters. The minimum Gasteiger partial charge on any atom is -0.382 e. The Hall–Kier alpha value is -0.420. The Morgan fingerprint density at radius 2 is 2.36 bits per heavy atom. The summed E-state index contributed by atoms with van der Waals surface area (Å²) in [5.41, 5.74) is 0.928. The van der Waals surface area contributed by atoms with Crippen molar-refractivity contribution in [3.05, 3.63) is 38.0 Å². The van der Waals surface area contributed by atoms with Crippen LogP contribution in [0, 0.1) is 6.92 Å². The van der Waals surface area contributed by atoms with Gasteiger partial charge in [-0.25, -0.2) is 0 Å². The smallest absolute Gasteiger partial charge is 0.125 e. The summed E-state index contributed by atoms with van der Waals surface area (Å²) in [5.74, 6) is 0. The first-order valence-corrected chi connectivity index (χ1v) is 6.06. The molecule has 5 heteroatoms. The van der Waals surface area contributed by atoms with Gasteiger partial charge in [0, 0.05) is 0 Å². The zero-order valence-corrected chi connectivity index (χ0v) is 9.79. The summed E-state index contributed by atoms with van der Waals surface area (Å²) in [7, 11) is 0. The van der Waals surface area contributed by atoms with Crippen LogP contribution in [0.15, 0.2) is 17.5 Å². The molecule has 0 aromatic carbocycles. The van der Waals surface area contributed by atoms with Gasteiger partial charge in [-0.1, -0.05) is 11.6 Å². The molecule has 1 N–H and O–H groups in total. The summed E-state index contributed by atoms with van der Waals surface area (Å²) in [6.07, 6.45) is -0.631. The molecule has 0 fully saturated rings. The molecule has 14 heavy (non-hydrogen) atoms. The van der Waals surface area contributed by atoms with Gasteiger partial charge >= 0.3 is 0 Å². The standard InChI is InChI=1S/C9H8ClNOS2/c1-5-4-7(14-11-5)8(12)9-6(10)2-3-13-9/h2-4,8,12H,1H3. The van der Waals surface area contributed by atoms with Crippen molar-refractivity contribution < 1.29 is 5.11 Å². The lowest BCUT2D eigenvalue weighted by Gasteiger charge is -2.04. The third kappa shape index (κ3) is 1.83. The molecule has 2 rings (SSSR count). The monoisotopic (exact) mass is 245 g/mol. The van der Waals surface area contributed by atoms with Crippen LogP contribution >= 0.6 is 34.5 Å². The van der Waals surface area contributed by atoms with Crippen molar-refractivity contribution in [1.29, 1.82) is 0 Å². The first-order chi connectivity index (χ1) is 6.68. The average Bonchev–Trinajstić information content (AvgIpc) is 2.73. The number of hydrogen-bond acceptors (Lipinski definition) is 4. The molecule has 0 spiro atoms. The van der Waals surface area contributed by atoms with Gasteiger partial charge in [0.25, 0.3) is 0 Å². The fourth-order valence-corrected chi connectivity index (χ4v) is 3.12. The first-order valence-electron chi connectivity index (χ1n) is 4.02. The van der Waals surface area contributed by atoms with Gasteiger partial charge in [0.15, 0.2) is 0 Å². The van der Waals surface area contributed by atoms with Crippen molar-refractivity contribution in [2.45, 2.75) is 13.0 Å². The Bertz CT molecular complexity index is 437. The van der Waals surface area contributed by atoms with Crippen molar-refractivity contribution in [1.82, 2.24) is 4.37 Å². The number of aliphatic hydroxyl groups is 1. The van der Waals surface area contributed by atoms with Crippen molar-refractivity contribution in [3.8, 4) is 0 Å². The molecule has 0 aliphatic carbocycles. The molecule has 74 valence electrons. The summed E-state index contributed by atoms with van der Waals surface area (Å²) in [6, 6.07) is 3.67. The van der Waals surface area contributed by atoms with E-state index in [4.69, 9.17) is 11.6 Å². The van der Waals surface area contributed by atoms with Crippen LogP contribution in [0.25, 0.3) is 0 Å². The van der Waals surface area contributed by atoms with Crippen molar-refractivity contribution in [2.24, 2.45) is 0 Å². The van der Waals surface area contributed by atoms with E-state index in [1.165, 1.54) is 22.9 Å². The number of aromatic nitrogens is 1.